The van der Waals surface area contributed by atoms with E-state index in [9.17, 15) is 19.5 Å². The van der Waals surface area contributed by atoms with E-state index in [0.717, 1.165) is 30.4 Å². The Hall–Kier alpha value is -3.35. The van der Waals surface area contributed by atoms with Gasteiger partial charge in [-0.3, -0.25) is 4.79 Å². The first-order valence-electron chi connectivity index (χ1n) is 12.1. The molecule has 7 nitrogen and oxygen atoms in total. The van der Waals surface area contributed by atoms with E-state index in [-0.39, 0.29) is 30.3 Å². The number of carbonyl (C=O) groups excluding carboxylic acids is 2. The van der Waals surface area contributed by atoms with Crippen LogP contribution in [0.4, 0.5) is 4.79 Å². The Morgan fingerprint density at radius 2 is 1.56 bits per heavy atom. The smallest absolute Gasteiger partial charge is 0.407 e. The van der Waals surface area contributed by atoms with Crippen molar-refractivity contribution in [3.8, 4) is 11.1 Å². The van der Waals surface area contributed by atoms with Crippen LogP contribution in [0.1, 0.15) is 55.6 Å². The Bertz CT molecular complexity index is 1060. The summed E-state index contributed by atoms with van der Waals surface area (Å²) in [5, 5.41) is 15.3. The zero-order valence-electron chi connectivity index (χ0n) is 19.1. The summed E-state index contributed by atoms with van der Waals surface area (Å²) >= 11 is 0. The third-order valence-electron chi connectivity index (χ3n) is 7.59. The lowest BCUT2D eigenvalue weighted by Crippen LogP contribution is -2.56. The van der Waals surface area contributed by atoms with Crippen molar-refractivity contribution < 1.29 is 24.2 Å². The minimum absolute atomic E-state index is 0.000280. The number of benzene rings is 2. The van der Waals surface area contributed by atoms with Gasteiger partial charge in [-0.1, -0.05) is 67.8 Å². The van der Waals surface area contributed by atoms with Crippen LogP contribution in [0.5, 0.6) is 0 Å². The van der Waals surface area contributed by atoms with Crippen molar-refractivity contribution in [2.75, 3.05) is 13.2 Å². The molecule has 0 aromatic heterocycles. The topological polar surface area (TPSA) is 105 Å². The molecule has 178 valence electrons. The van der Waals surface area contributed by atoms with Gasteiger partial charge >= 0.3 is 12.1 Å². The Morgan fingerprint density at radius 1 is 0.941 bits per heavy atom. The molecule has 0 radical (unpaired) electrons. The second kappa shape index (κ2) is 9.12. The number of carboxylic acid groups (broad SMARTS) is 1. The average Bonchev–Trinajstić information content (AvgIpc) is 3.57. The van der Waals surface area contributed by atoms with Crippen molar-refractivity contribution >= 4 is 18.0 Å². The van der Waals surface area contributed by atoms with Gasteiger partial charge in [0.1, 0.15) is 12.1 Å². The number of fused-ring (bicyclic) bond motifs is 3. The molecule has 0 heterocycles. The molecule has 2 unspecified atom stereocenters. The molecule has 3 aliphatic rings. The summed E-state index contributed by atoms with van der Waals surface area (Å²) in [6.07, 6.45) is 3.72. The van der Waals surface area contributed by atoms with Crippen LogP contribution in [0.25, 0.3) is 11.1 Å². The number of aliphatic carboxylic acids is 1. The number of rotatable bonds is 7. The van der Waals surface area contributed by atoms with Crippen molar-refractivity contribution in [3.63, 3.8) is 0 Å². The molecule has 0 bridgehead atoms. The van der Waals surface area contributed by atoms with Gasteiger partial charge in [0.15, 0.2) is 0 Å². The van der Waals surface area contributed by atoms with Gasteiger partial charge < -0.3 is 20.5 Å². The first-order valence-corrected chi connectivity index (χ1v) is 12.1. The summed E-state index contributed by atoms with van der Waals surface area (Å²) in [5.74, 6) is -1.42. The SMILES string of the molecule is O=C(NCC1CC1C(=O)NC1(C(=O)O)CCCCC1)OCC1c2ccccc2-c2ccccc21. The fourth-order valence-corrected chi connectivity index (χ4v) is 5.53. The Balaban J connectivity index is 1.11. The normalized spacial score (nSPS) is 22.2. The van der Waals surface area contributed by atoms with Crippen LogP contribution in [-0.2, 0) is 14.3 Å². The molecule has 2 amide bonds. The van der Waals surface area contributed by atoms with Gasteiger partial charge in [0.05, 0.1) is 0 Å². The van der Waals surface area contributed by atoms with Crippen LogP contribution < -0.4 is 10.6 Å². The van der Waals surface area contributed by atoms with Crippen LogP contribution in [0, 0.1) is 11.8 Å². The molecular weight excluding hydrogens is 432 g/mol. The second-order valence-corrected chi connectivity index (χ2v) is 9.75. The summed E-state index contributed by atoms with van der Waals surface area (Å²) < 4.78 is 5.55. The first-order chi connectivity index (χ1) is 16.5. The fraction of sp³-hybridized carbons (Fsp3) is 0.444. The molecule has 2 saturated carbocycles. The van der Waals surface area contributed by atoms with E-state index >= 15 is 0 Å². The summed E-state index contributed by atoms with van der Waals surface area (Å²) in [5.41, 5.74) is 3.53. The molecule has 2 aromatic rings. The van der Waals surface area contributed by atoms with Crippen LogP contribution in [-0.4, -0.2) is 41.8 Å². The van der Waals surface area contributed by atoms with Gasteiger partial charge in [-0.15, -0.1) is 0 Å². The number of amides is 2. The maximum absolute atomic E-state index is 12.7. The van der Waals surface area contributed by atoms with Gasteiger partial charge in [0.2, 0.25) is 5.91 Å². The number of hydrogen-bond donors (Lipinski definition) is 3. The lowest BCUT2D eigenvalue weighted by atomic mass is 9.81. The van der Waals surface area contributed by atoms with Crippen molar-refractivity contribution in [3.05, 3.63) is 59.7 Å². The number of carboxylic acids is 1. The van der Waals surface area contributed by atoms with Crippen LogP contribution >= 0.6 is 0 Å². The molecule has 0 spiro atoms. The third kappa shape index (κ3) is 4.27. The number of ether oxygens (including phenoxy) is 1. The number of carbonyl (C=O) groups is 3. The lowest BCUT2D eigenvalue weighted by Gasteiger charge is -2.34. The lowest BCUT2D eigenvalue weighted by molar-refractivity contribution is -0.149. The largest absolute Gasteiger partial charge is 0.480 e. The van der Waals surface area contributed by atoms with E-state index < -0.39 is 17.6 Å². The maximum atomic E-state index is 12.7. The number of nitrogens with one attached hydrogen (secondary N) is 2. The first kappa shape index (κ1) is 22.4. The third-order valence-corrected chi connectivity index (χ3v) is 7.59. The highest BCUT2D eigenvalue weighted by atomic mass is 16.5. The van der Waals surface area contributed by atoms with Crippen LogP contribution in [0.3, 0.4) is 0 Å². The van der Waals surface area contributed by atoms with Crippen molar-refractivity contribution in [1.29, 1.82) is 0 Å². The molecule has 0 aliphatic heterocycles. The minimum Gasteiger partial charge on any atom is -0.480 e. The summed E-state index contributed by atoms with van der Waals surface area (Å²) in [7, 11) is 0. The molecule has 34 heavy (non-hydrogen) atoms. The zero-order valence-corrected chi connectivity index (χ0v) is 19.1. The van der Waals surface area contributed by atoms with Gasteiger partial charge in [0.25, 0.3) is 0 Å². The summed E-state index contributed by atoms with van der Waals surface area (Å²) in [6, 6.07) is 16.4. The van der Waals surface area contributed by atoms with Crippen LogP contribution in [0.15, 0.2) is 48.5 Å². The maximum Gasteiger partial charge on any atom is 0.407 e. The highest BCUT2D eigenvalue weighted by Crippen LogP contribution is 2.44. The summed E-state index contributed by atoms with van der Waals surface area (Å²) in [4.78, 5) is 36.8. The van der Waals surface area contributed by atoms with E-state index in [1.807, 2.05) is 24.3 Å². The average molecular weight is 463 g/mol. The van der Waals surface area contributed by atoms with Crippen LogP contribution in [0.2, 0.25) is 0 Å². The Morgan fingerprint density at radius 3 is 2.18 bits per heavy atom. The van der Waals surface area contributed by atoms with Gasteiger partial charge in [-0.05, 0) is 47.4 Å². The predicted molar refractivity (Wildman–Crippen MR) is 126 cm³/mol. The molecule has 2 fully saturated rings. The molecular formula is C27H30N2O5. The zero-order chi connectivity index (χ0) is 23.7. The predicted octanol–water partition coefficient (Wildman–Crippen LogP) is 4.06. The number of hydrogen-bond acceptors (Lipinski definition) is 4. The monoisotopic (exact) mass is 462 g/mol. The highest BCUT2D eigenvalue weighted by molar-refractivity contribution is 5.89. The molecule has 0 saturated heterocycles. The second-order valence-electron chi connectivity index (χ2n) is 9.75. The van der Waals surface area contributed by atoms with E-state index in [1.165, 1.54) is 11.1 Å². The van der Waals surface area contributed by atoms with Gasteiger partial charge in [0, 0.05) is 18.4 Å². The molecule has 3 N–H and O–H groups in total. The standard InChI is InChI=1S/C27H30N2O5/c30-24(29-27(25(31)32)12-6-1-7-13-27)22-14-17(22)15-28-26(33)34-16-23-20-10-4-2-8-18(20)19-9-3-5-11-21(19)23/h2-5,8-11,17,22-23H,1,6-7,12-16H2,(H,28,33)(H,29,30)(H,31,32). The number of alkyl carbamates (subject to hydrolysis) is 1. The molecule has 2 atom stereocenters. The van der Waals surface area contributed by atoms with Gasteiger partial charge in [-0.2, -0.15) is 0 Å². The van der Waals surface area contributed by atoms with E-state index in [1.54, 1.807) is 0 Å². The van der Waals surface area contributed by atoms with E-state index in [4.69, 9.17) is 4.74 Å². The molecule has 2 aromatic carbocycles. The molecule has 3 aliphatic carbocycles. The van der Waals surface area contributed by atoms with Gasteiger partial charge in [-0.25, -0.2) is 9.59 Å². The van der Waals surface area contributed by atoms with E-state index in [2.05, 4.69) is 34.9 Å². The fourth-order valence-electron chi connectivity index (χ4n) is 5.53. The van der Waals surface area contributed by atoms with Crippen molar-refractivity contribution in [2.45, 2.75) is 50.0 Å². The quantitative estimate of drug-likeness (QED) is 0.576. The molecule has 7 heteroatoms. The molecule has 5 rings (SSSR count). The Kier molecular flexibility index (Phi) is 6.02. The highest BCUT2D eigenvalue weighted by Gasteiger charge is 2.48. The summed E-state index contributed by atoms with van der Waals surface area (Å²) in [6.45, 7) is 0.588. The van der Waals surface area contributed by atoms with Crippen molar-refractivity contribution in [2.24, 2.45) is 11.8 Å². The van der Waals surface area contributed by atoms with Crippen molar-refractivity contribution in [1.82, 2.24) is 10.6 Å². The van der Waals surface area contributed by atoms with E-state index in [0.29, 0.717) is 25.8 Å². The minimum atomic E-state index is -1.14. The Labute approximate surface area is 198 Å².